The Morgan fingerprint density at radius 1 is 1.37 bits per heavy atom. The third-order valence-corrected chi connectivity index (χ3v) is 4.71. The van der Waals surface area contributed by atoms with E-state index in [1.54, 1.807) is 13.2 Å². The van der Waals surface area contributed by atoms with Gasteiger partial charge in [0, 0.05) is 16.5 Å². The summed E-state index contributed by atoms with van der Waals surface area (Å²) in [5.41, 5.74) is 1.56. The van der Waals surface area contributed by atoms with Crippen molar-refractivity contribution in [2.45, 2.75) is 12.5 Å². The lowest BCUT2D eigenvalue weighted by atomic mass is 10.0. The van der Waals surface area contributed by atoms with Crippen LogP contribution in [-0.2, 0) is 6.42 Å². The average Bonchev–Trinajstić information content (AvgIpc) is 2.69. The van der Waals surface area contributed by atoms with Gasteiger partial charge in [0.15, 0.2) is 0 Å². The van der Waals surface area contributed by atoms with Crippen molar-refractivity contribution in [1.29, 1.82) is 0 Å². The lowest BCUT2D eigenvalue weighted by molar-refractivity contribution is 0.178. The molecule has 2 aromatic rings. The minimum atomic E-state index is -0.709. The molecule has 0 amide bonds. The van der Waals surface area contributed by atoms with Crippen molar-refractivity contribution in [1.82, 2.24) is 0 Å². The molecule has 6 heteroatoms. The monoisotopic (exact) mass is 380 g/mol. The molecule has 0 spiro atoms. The molecule has 2 rings (SSSR count). The van der Waals surface area contributed by atoms with Gasteiger partial charge in [-0.05, 0) is 29.8 Å². The van der Waals surface area contributed by atoms with Crippen molar-refractivity contribution in [3.63, 3.8) is 0 Å². The minimum absolute atomic E-state index is 0.412. The first kappa shape index (κ1) is 15.1. The zero-order valence-corrected chi connectivity index (χ0v) is 13.9. The molecule has 1 aromatic carbocycles. The van der Waals surface area contributed by atoms with Crippen LogP contribution in [0.1, 0.15) is 17.2 Å². The fourth-order valence-electron chi connectivity index (χ4n) is 1.81. The van der Waals surface area contributed by atoms with E-state index in [4.69, 9.17) is 27.9 Å². The van der Waals surface area contributed by atoms with Crippen molar-refractivity contribution in [2.75, 3.05) is 7.11 Å². The Labute approximate surface area is 134 Å². The van der Waals surface area contributed by atoms with Crippen LogP contribution >= 0.6 is 50.5 Å². The maximum atomic E-state index is 10.3. The SMILES string of the molecule is COc1ccc(Br)cc1CC(O)c1cc(Cl)sc1Cl. The predicted molar refractivity (Wildman–Crippen MR) is 83.7 cm³/mol. The molecule has 0 aliphatic rings. The highest BCUT2D eigenvalue weighted by molar-refractivity contribution is 9.10. The molecule has 0 fully saturated rings. The molecule has 1 aromatic heterocycles. The van der Waals surface area contributed by atoms with Gasteiger partial charge in [0.2, 0.25) is 0 Å². The summed E-state index contributed by atoms with van der Waals surface area (Å²) in [6.07, 6.45) is -0.297. The van der Waals surface area contributed by atoms with Crippen molar-refractivity contribution in [3.8, 4) is 5.75 Å². The summed E-state index contributed by atoms with van der Waals surface area (Å²) in [5, 5.41) is 10.3. The van der Waals surface area contributed by atoms with Gasteiger partial charge in [-0.25, -0.2) is 0 Å². The fraction of sp³-hybridized carbons (Fsp3) is 0.231. The van der Waals surface area contributed by atoms with Crippen LogP contribution in [0, 0.1) is 0 Å². The number of methoxy groups -OCH3 is 1. The Balaban J connectivity index is 2.25. The first-order chi connectivity index (χ1) is 9.01. The Morgan fingerprint density at radius 2 is 2.11 bits per heavy atom. The van der Waals surface area contributed by atoms with E-state index in [2.05, 4.69) is 15.9 Å². The quantitative estimate of drug-likeness (QED) is 0.797. The van der Waals surface area contributed by atoms with Crippen LogP contribution in [0.25, 0.3) is 0 Å². The zero-order valence-electron chi connectivity index (χ0n) is 9.99. The van der Waals surface area contributed by atoms with E-state index in [0.717, 1.165) is 15.8 Å². The predicted octanol–water partition coefficient (Wildman–Crippen LogP) is 5.10. The van der Waals surface area contributed by atoms with E-state index in [1.165, 1.54) is 11.3 Å². The van der Waals surface area contributed by atoms with Crippen LogP contribution in [-0.4, -0.2) is 12.2 Å². The fourth-order valence-corrected chi connectivity index (χ4v) is 3.78. The van der Waals surface area contributed by atoms with Gasteiger partial charge in [0.05, 0.1) is 17.6 Å². The molecular weight excluding hydrogens is 371 g/mol. The maximum Gasteiger partial charge on any atom is 0.122 e. The van der Waals surface area contributed by atoms with Gasteiger partial charge >= 0.3 is 0 Å². The highest BCUT2D eigenvalue weighted by atomic mass is 79.9. The number of benzene rings is 1. The summed E-state index contributed by atoms with van der Waals surface area (Å²) in [4.78, 5) is 0. The highest BCUT2D eigenvalue weighted by Crippen LogP contribution is 2.37. The zero-order chi connectivity index (χ0) is 14.0. The molecule has 2 nitrogen and oxygen atoms in total. The molecule has 19 heavy (non-hydrogen) atoms. The summed E-state index contributed by atoms with van der Waals surface area (Å²) in [6, 6.07) is 7.37. The molecule has 0 aliphatic heterocycles. The topological polar surface area (TPSA) is 29.5 Å². The third kappa shape index (κ3) is 3.64. The lowest BCUT2D eigenvalue weighted by Crippen LogP contribution is -2.03. The number of hydrogen-bond acceptors (Lipinski definition) is 3. The number of aliphatic hydroxyl groups excluding tert-OH is 1. The van der Waals surface area contributed by atoms with Crippen molar-refractivity contribution in [2.24, 2.45) is 0 Å². The van der Waals surface area contributed by atoms with E-state index >= 15 is 0 Å². The van der Waals surface area contributed by atoms with Gasteiger partial charge in [-0.3, -0.25) is 0 Å². The van der Waals surface area contributed by atoms with Crippen LogP contribution < -0.4 is 4.74 Å². The Morgan fingerprint density at radius 3 is 2.68 bits per heavy atom. The van der Waals surface area contributed by atoms with E-state index < -0.39 is 6.10 Å². The van der Waals surface area contributed by atoms with Crippen LogP contribution in [0.2, 0.25) is 8.67 Å². The standard InChI is InChI=1S/C13H11BrCl2O2S/c1-18-11-3-2-8(14)4-7(11)5-10(17)9-6-12(15)19-13(9)16/h2-4,6,10,17H,5H2,1H3. The smallest absolute Gasteiger partial charge is 0.122 e. The highest BCUT2D eigenvalue weighted by Gasteiger charge is 2.17. The van der Waals surface area contributed by atoms with Gasteiger partial charge in [-0.1, -0.05) is 39.1 Å². The Hall–Kier alpha value is -0.260. The second-order valence-corrected chi connectivity index (χ2v) is 7.16. The number of rotatable bonds is 4. The summed E-state index contributed by atoms with van der Waals surface area (Å²) in [5.74, 6) is 0.736. The van der Waals surface area contributed by atoms with Gasteiger partial charge in [-0.15, -0.1) is 11.3 Å². The number of aliphatic hydroxyl groups is 1. The second-order valence-electron chi connectivity index (χ2n) is 3.96. The van der Waals surface area contributed by atoms with E-state index in [9.17, 15) is 5.11 Å². The number of halogens is 3. The van der Waals surface area contributed by atoms with Gasteiger partial charge in [-0.2, -0.15) is 0 Å². The second kappa shape index (κ2) is 6.46. The molecule has 0 aliphatic carbocycles. The van der Waals surface area contributed by atoms with Crippen LogP contribution in [0.5, 0.6) is 5.75 Å². The molecule has 1 unspecified atom stereocenters. The number of ether oxygens (including phenoxy) is 1. The van der Waals surface area contributed by atoms with Crippen LogP contribution in [0.4, 0.5) is 0 Å². The van der Waals surface area contributed by atoms with Crippen molar-refractivity contribution in [3.05, 3.63) is 48.5 Å². The third-order valence-electron chi connectivity index (χ3n) is 2.70. The first-order valence-electron chi connectivity index (χ1n) is 5.46. The number of thiophene rings is 1. The Kier molecular flexibility index (Phi) is 5.15. The van der Waals surface area contributed by atoms with Crippen LogP contribution in [0.3, 0.4) is 0 Å². The first-order valence-corrected chi connectivity index (χ1v) is 7.83. The van der Waals surface area contributed by atoms with E-state index in [1.807, 2.05) is 18.2 Å². The summed E-state index contributed by atoms with van der Waals surface area (Å²) >= 11 is 16.6. The lowest BCUT2D eigenvalue weighted by Gasteiger charge is -2.13. The summed E-state index contributed by atoms with van der Waals surface area (Å²) in [6.45, 7) is 0. The van der Waals surface area contributed by atoms with E-state index in [0.29, 0.717) is 20.7 Å². The maximum absolute atomic E-state index is 10.3. The Bertz CT molecular complexity index is 586. The molecule has 1 N–H and O–H groups in total. The molecule has 0 saturated carbocycles. The van der Waals surface area contributed by atoms with E-state index in [-0.39, 0.29) is 0 Å². The van der Waals surface area contributed by atoms with Crippen LogP contribution in [0.15, 0.2) is 28.7 Å². The van der Waals surface area contributed by atoms with Gasteiger partial charge in [0.1, 0.15) is 10.1 Å². The molecular formula is C13H11BrCl2O2S. The summed E-state index contributed by atoms with van der Waals surface area (Å²) < 4.78 is 7.31. The summed E-state index contributed by atoms with van der Waals surface area (Å²) in [7, 11) is 1.60. The van der Waals surface area contributed by atoms with Gasteiger partial charge in [0.25, 0.3) is 0 Å². The molecule has 102 valence electrons. The average molecular weight is 382 g/mol. The van der Waals surface area contributed by atoms with Gasteiger partial charge < -0.3 is 9.84 Å². The largest absolute Gasteiger partial charge is 0.496 e. The molecule has 1 heterocycles. The molecule has 1 atom stereocenters. The molecule has 0 radical (unpaired) electrons. The van der Waals surface area contributed by atoms with Crippen molar-refractivity contribution >= 4 is 50.5 Å². The normalized spacial score (nSPS) is 12.5. The molecule has 0 bridgehead atoms. The van der Waals surface area contributed by atoms with Crippen molar-refractivity contribution < 1.29 is 9.84 Å². The molecule has 0 saturated heterocycles. The minimum Gasteiger partial charge on any atom is -0.496 e. The number of hydrogen-bond donors (Lipinski definition) is 1.